The molecule has 1 saturated carbocycles. The smallest absolute Gasteiger partial charge is 0.333 e. The number of hydrazone groups is 1. The SMILES string of the molecule is Cn1c(=O)n(C2NN=C(C(F)F)O2)c2cc(S(=O)(=O)NC3(C)CC3)c(F)cc21. The van der Waals surface area contributed by atoms with Crippen LogP contribution >= 0.6 is 0 Å². The summed E-state index contributed by atoms with van der Waals surface area (Å²) in [5, 5.41) is 3.32. The lowest BCUT2D eigenvalue weighted by Crippen LogP contribution is -2.34. The summed E-state index contributed by atoms with van der Waals surface area (Å²) in [6.07, 6.45) is -3.17. The van der Waals surface area contributed by atoms with Gasteiger partial charge < -0.3 is 4.74 Å². The van der Waals surface area contributed by atoms with E-state index < -0.39 is 50.6 Å². The molecule has 0 amide bonds. The lowest BCUT2D eigenvalue weighted by molar-refractivity contribution is 0.0852. The summed E-state index contributed by atoms with van der Waals surface area (Å²) in [5.74, 6) is -1.95. The molecule has 1 unspecified atom stereocenters. The van der Waals surface area contributed by atoms with E-state index in [-0.39, 0.29) is 11.0 Å². The summed E-state index contributed by atoms with van der Waals surface area (Å²) in [6, 6.07) is 1.88. The molecule has 0 radical (unpaired) electrons. The number of sulfonamides is 1. The summed E-state index contributed by atoms with van der Waals surface area (Å²) in [5.41, 5.74) is 0.938. The van der Waals surface area contributed by atoms with Crippen molar-refractivity contribution in [1.82, 2.24) is 19.3 Å². The number of aryl methyl sites for hydroxylation is 1. The zero-order valence-corrected chi connectivity index (χ0v) is 15.6. The Labute approximate surface area is 156 Å². The highest BCUT2D eigenvalue weighted by molar-refractivity contribution is 7.89. The molecule has 1 atom stereocenters. The van der Waals surface area contributed by atoms with Crippen molar-refractivity contribution in [2.24, 2.45) is 12.1 Å². The van der Waals surface area contributed by atoms with Gasteiger partial charge >= 0.3 is 12.1 Å². The predicted octanol–water partition coefficient (Wildman–Crippen LogP) is 0.964. The minimum Gasteiger partial charge on any atom is -0.430 e. The Morgan fingerprint density at radius 3 is 2.61 bits per heavy atom. The number of nitrogens with one attached hydrogen (secondary N) is 2. The number of nitrogens with zero attached hydrogens (tertiary/aromatic N) is 3. The summed E-state index contributed by atoms with van der Waals surface area (Å²) in [7, 11) is -2.87. The molecule has 28 heavy (non-hydrogen) atoms. The molecule has 0 spiro atoms. The molecule has 1 aromatic heterocycles. The van der Waals surface area contributed by atoms with Gasteiger partial charge in [-0.25, -0.2) is 32.3 Å². The molecule has 1 aliphatic heterocycles. The van der Waals surface area contributed by atoms with E-state index in [2.05, 4.69) is 15.2 Å². The van der Waals surface area contributed by atoms with Gasteiger partial charge in [0.2, 0.25) is 10.0 Å². The van der Waals surface area contributed by atoms with Crippen molar-refractivity contribution < 1.29 is 26.3 Å². The summed E-state index contributed by atoms with van der Waals surface area (Å²) < 4.78 is 74.6. The maximum Gasteiger partial charge on any atom is 0.333 e. The highest BCUT2D eigenvalue weighted by atomic mass is 32.2. The molecule has 1 aromatic carbocycles. The van der Waals surface area contributed by atoms with Crippen LogP contribution in [0.15, 0.2) is 26.9 Å². The van der Waals surface area contributed by atoms with Crippen LogP contribution in [0.1, 0.15) is 26.1 Å². The number of fused-ring (bicyclic) bond motifs is 1. The Morgan fingerprint density at radius 1 is 1.36 bits per heavy atom. The first kappa shape index (κ1) is 18.8. The molecule has 4 rings (SSSR count). The van der Waals surface area contributed by atoms with Crippen LogP contribution in [0, 0.1) is 5.82 Å². The maximum absolute atomic E-state index is 14.6. The molecule has 13 heteroatoms. The van der Waals surface area contributed by atoms with E-state index in [1.54, 1.807) is 6.92 Å². The van der Waals surface area contributed by atoms with Crippen molar-refractivity contribution in [2.45, 2.75) is 43.0 Å². The molecule has 2 heterocycles. The van der Waals surface area contributed by atoms with Gasteiger partial charge in [0.1, 0.15) is 10.7 Å². The number of alkyl halides is 2. The molecule has 2 aliphatic rings. The third-order valence-corrected chi connectivity index (χ3v) is 6.41. The van der Waals surface area contributed by atoms with Gasteiger partial charge in [-0.05, 0) is 25.8 Å². The number of aromatic nitrogens is 2. The second-order valence-corrected chi connectivity index (χ2v) is 8.65. The molecule has 9 nitrogen and oxygen atoms in total. The monoisotopic (exact) mass is 419 g/mol. The Kier molecular flexibility index (Phi) is 4.01. The maximum atomic E-state index is 14.6. The number of benzene rings is 1. The standard InChI is InChI=1S/C15H16F3N5O4S/c1-15(3-4-15)21-28(25,26)10-6-9-8(5-7(10)16)22(2)14(24)23(9)13-20-19-12(27-13)11(17)18/h5-6,11,13,20-21H,3-4H2,1-2H3. The van der Waals surface area contributed by atoms with Gasteiger partial charge in [-0.1, -0.05) is 0 Å². The Bertz CT molecular complexity index is 1170. The number of rotatable bonds is 5. The molecular formula is C15H16F3N5O4S. The van der Waals surface area contributed by atoms with Crippen LogP contribution in [0.25, 0.3) is 11.0 Å². The fraction of sp³-hybridized carbons (Fsp3) is 0.467. The molecule has 1 aliphatic carbocycles. The average Bonchev–Trinajstić information content (AvgIpc) is 3.04. The van der Waals surface area contributed by atoms with E-state index in [1.165, 1.54) is 7.05 Å². The van der Waals surface area contributed by atoms with Gasteiger partial charge in [-0.2, -0.15) is 8.78 Å². The second kappa shape index (κ2) is 5.98. The Morgan fingerprint density at radius 2 is 2.04 bits per heavy atom. The summed E-state index contributed by atoms with van der Waals surface area (Å²) >= 11 is 0. The van der Waals surface area contributed by atoms with Crippen molar-refractivity contribution in [3.63, 3.8) is 0 Å². The first-order valence-corrected chi connectivity index (χ1v) is 9.73. The fourth-order valence-corrected chi connectivity index (χ4v) is 4.50. The Balaban J connectivity index is 1.83. The number of hydrogen-bond acceptors (Lipinski definition) is 6. The van der Waals surface area contributed by atoms with Gasteiger partial charge in [-0.3, -0.25) is 4.57 Å². The number of halogens is 3. The average molecular weight is 419 g/mol. The first-order valence-electron chi connectivity index (χ1n) is 8.25. The topological polar surface area (TPSA) is 107 Å². The van der Waals surface area contributed by atoms with E-state index in [4.69, 9.17) is 4.74 Å². The van der Waals surface area contributed by atoms with Crippen LogP contribution < -0.4 is 15.8 Å². The zero-order valence-electron chi connectivity index (χ0n) is 14.7. The van der Waals surface area contributed by atoms with Crippen molar-refractivity contribution in [3.8, 4) is 0 Å². The lowest BCUT2D eigenvalue weighted by atomic mass is 10.3. The van der Waals surface area contributed by atoms with Crippen molar-refractivity contribution in [3.05, 3.63) is 28.4 Å². The number of hydrogen-bond donors (Lipinski definition) is 2. The van der Waals surface area contributed by atoms with Crippen molar-refractivity contribution >= 4 is 27.0 Å². The number of ether oxygens (including phenoxy) is 1. The van der Waals surface area contributed by atoms with Crippen LogP contribution in [-0.2, 0) is 21.8 Å². The fourth-order valence-electron chi connectivity index (χ4n) is 2.96. The quantitative estimate of drug-likeness (QED) is 0.751. The van der Waals surface area contributed by atoms with Crippen LogP contribution in [0.2, 0.25) is 0 Å². The Hall–Kier alpha value is -2.54. The summed E-state index contributed by atoms with van der Waals surface area (Å²) in [4.78, 5) is 11.9. The van der Waals surface area contributed by atoms with E-state index >= 15 is 0 Å². The molecule has 2 aromatic rings. The van der Waals surface area contributed by atoms with Crippen LogP contribution in [0.3, 0.4) is 0 Å². The summed E-state index contributed by atoms with van der Waals surface area (Å²) in [6.45, 7) is 1.69. The van der Waals surface area contributed by atoms with Crippen LogP contribution in [0.5, 0.6) is 0 Å². The third kappa shape index (κ3) is 2.94. The van der Waals surface area contributed by atoms with Crippen LogP contribution in [-0.4, -0.2) is 35.4 Å². The second-order valence-electron chi connectivity index (χ2n) is 7.00. The highest BCUT2D eigenvalue weighted by Crippen LogP contribution is 2.36. The molecule has 0 saturated heterocycles. The van der Waals surface area contributed by atoms with Crippen LogP contribution in [0.4, 0.5) is 13.2 Å². The van der Waals surface area contributed by atoms with E-state index in [9.17, 15) is 26.4 Å². The van der Waals surface area contributed by atoms with Gasteiger partial charge in [0.15, 0.2) is 0 Å². The van der Waals surface area contributed by atoms with Gasteiger partial charge in [0.25, 0.3) is 12.2 Å². The van der Waals surface area contributed by atoms with E-state index in [0.29, 0.717) is 12.8 Å². The molecular weight excluding hydrogens is 403 g/mol. The van der Waals surface area contributed by atoms with Gasteiger partial charge in [-0.15, -0.1) is 5.10 Å². The van der Waals surface area contributed by atoms with E-state index in [0.717, 1.165) is 21.3 Å². The zero-order chi connectivity index (χ0) is 20.4. The van der Waals surface area contributed by atoms with Gasteiger partial charge in [0, 0.05) is 18.7 Å². The minimum absolute atomic E-state index is 0.0153. The highest BCUT2D eigenvalue weighted by Gasteiger charge is 2.42. The number of imidazole rings is 1. The molecule has 152 valence electrons. The molecule has 0 bridgehead atoms. The van der Waals surface area contributed by atoms with Crippen molar-refractivity contribution in [2.75, 3.05) is 0 Å². The normalized spacial score (nSPS) is 20.9. The van der Waals surface area contributed by atoms with Gasteiger partial charge in [0.05, 0.1) is 11.0 Å². The third-order valence-electron chi connectivity index (χ3n) is 4.75. The lowest BCUT2D eigenvalue weighted by Gasteiger charge is -2.15. The predicted molar refractivity (Wildman–Crippen MR) is 91.8 cm³/mol. The molecule has 1 fully saturated rings. The van der Waals surface area contributed by atoms with E-state index in [1.807, 2.05) is 0 Å². The molecule has 2 N–H and O–H groups in total. The van der Waals surface area contributed by atoms with Crippen molar-refractivity contribution in [1.29, 1.82) is 0 Å². The minimum atomic E-state index is -4.21. The first-order chi connectivity index (χ1) is 13.0. The largest absolute Gasteiger partial charge is 0.430 e.